The summed E-state index contributed by atoms with van der Waals surface area (Å²) in [6.07, 6.45) is 0. The molecule has 1 unspecified atom stereocenters. The predicted molar refractivity (Wildman–Crippen MR) is 59.7 cm³/mol. The predicted octanol–water partition coefficient (Wildman–Crippen LogP) is 0.790. The van der Waals surface area contributed by atoms with Gasteiger partial charge < -0.3 is 14.0 Å². The Balaban J connectivity index is 3.83. The van der Waals surface area contributed by atoms with E-state index in [1.54, 1.807) is 0 Å². The first-order valence-electron chi connectivity index (χ1n) is 4.40. The maximum absolute atomic E-state index is 9.08. The largest absolute Gasteiger partial charge is 0.432 e. The van der Waals surface area contributed by atoms with Crippen LogP contribution in [0, 0.1) is 0 Å². The number of ether oxygens (including phenoxy) is 1. The van der Waals surface area contributed by atoms with Crippen molar-refractivity contribution in [3.63, 3.8) is 0 Å². The molecule has 3 nitrogen and oxygen atoms in total. The van der Waals surface area contributed by atoms with Gasteiger partial charge in [0, 0.05) is 0 Å². The molecule has 0 saturated carbocycles. The molecule has 0 fully saturated rings. The Kier molecular flexibility index (Phi) is 5.74. The molecule has 0 radical (unpaired) electrons. The smallest absolute Gasteiger partial charge is 0.217 e. The highest BCUT2D eigenvalue weighted by Crippen LogP contribution is 2.08. The van der Waals surface area contributed by atoms with E-state index in [2.05, 4.69) is 26.2 Å². The summed E-state index contributed by atoms with van der Waals surface area (Å²) in [7, 11) is -2.84. The first-order chi connectivity index (χ1) is 5.85. The van der Waals surface area contributed by atoms with Crippen LogP contribution in [0.2, 0.25) is 19.6 Å². The zero-order valence-corrected chi connectivity index (χ0v) is 11.4. The van der Waals surface area contributed by atoms with Crippen LogP contribution in [0.5, 0.6) is 0 Å². The molecule has 0 aromatic rings. The summed E-state index contributed by atoms with van der Waals surface area (Å²) in [5, 5.41) is 0. The van der Waals surface area contributed by atoms with Gasteiger partial charge in [0.2, 0.25) is 9.76 Å². The Labute approximate surface area is 83.8 Å². The molecule has 0 amide bonds. The molecule has 0 heterocycles. The van der Waals surface area contributed by atoms with Crippen LogP contribution >= 0.6 is 0 Å². The minimum atomic E-state index is -1.59. The number of hydrogen-bond acceptors (Lipinski definition) is 3. The molecule has 0 rings (SSSR count). The van der Waals surface area contributed by atoms with Gasteiger partial charge in [-0.15, -0.1) is 0 Å². The van der Waals surface area contributed by atoms with E-state index in [9.17, 15) is 0 Å². The van der Waals surface area contributed by atoms with Crippen LogP contribution in [0.25, 0.3) is 0 Å². The normalized spacial score (nSPS) is 15.2. The number of hydrogen-bond donors (Lipinski definition) is 1. The van der Waals surface area contributed by atoms with Crippen molar-refractivity contribution >= 4 is 18.1 Å². The highest BCUT2D eigenvalue weighted by Gasteiger charge is 2.21. The molecule has 0 aliphatic rings. The van der Waals surface area contributed by atoms with Crippen molar-refractivity contribution in [1.29, 1.82) is 0 Å². The lowest BCUT2D eigenvalue weighted by Crippen LogP contribution is -2.37. The molecular formula is C8H20O3Si2. The molecule has 5 heteroatoms. The maximum atomic E-state index is 9.08. The van der Waals surface area contributed by atoms with Crippen LogP contribution in [0.15, 0.2) is 12.2 Å². The second-order valence-electron chi connectivity index (χ2n) is 4.11. The van der Waals surface area contributed by atoms with Gasteiger partial charge in [0.05, 0.1) is 6.61 Å². The molecule has 78 valence electrons. The van der Waals surface area contributed by atoms with E-state index in [1.807, 2.05) is 6.92 Å². The van der Waals surface area contributed by atoms with Crippen LogP contribution in [-0.4, -0.2) is 35.4 Å². The third-order valence-corrected chi connectivity index (χ3v) is 3.15. The maximum Gasteiger partial charge on any atom is 0.217 e. The fourth-order valence-electron chi connectivity index (χ4n) is 0.754. The number of rotatable bonds is 6. The summed E-state index contributed by atoms with van der Waals surface area (Å²) in [6, 6.07) is 0. The van der Waals surface area contributed by atoms with Crippen molar-refractivity contribution in [2.45, 2.75) is 32.5 Å². The average Bonchev–Trinajstić information content (AvgIpc) is 1.95. The highest BCUT2D eigenvalue weighted by molar-refractivity contribution is 6.70. The molecule has 0 aromatic heterocycles. The van der Waals surface area contributed by atoms with E-state index in [1.165, 1.54) is 0 Å². The summed E-state index contributed by atoms with van der Waals surface area (Å²) in [5.41, 5.74) is 0.951. The van der Waals surface area contributed by atoms with Gasteiger partial charge in [0.25, 0.3) is 0 Å². The van der Waals surface area contributed by atoms with Crippen molar-refractivity contribution in [3.8, 4) is 0 Å². The topological polar surface area (TPSA) is 38.7 Å². The Morgan fingerprint density at radius 3 is 2.38 bits per heavy atom. The van der Waals surface area contributed by atoms with Crippen molar-refractivity contribution in [2.24, 2.45) is 0 Å². The van der Waals surface area contributed by atoms with E-state index in [-0.39, 0.29) is 5.91 Å². The third kappa shape index (κ3) is 8.39. The van der Waals surface area contributed by atoms with Gasteiger partial charge in [-0.25, -0.2) is 0 Å². The van der Waals surface area contributed by atoms with Crippen molar-refractivity contribution in [2.75, 3.05) is 6.61 Å². The standard InChI is InChI=1S/C8H20O3Si2/c1-7(2)6-10-8(12-9)11-13(3,4)5/h8-9H,1,6,12H2,2-5H3. The fourth-order valence-corrected chi connectivity index (χ4v) is 3.63. The molecule has 1 atom stereocenters. The molecule has 0 spiro atoms. The second-order valence-corrected chi connectivity index (χ2v) is 9.60. The summed E-state index contributed by atoms with van der Waals surface area (Å²) in [5.74, 6) is -0.358. The summed E-state index contributed by atoms with van der Waals surface area (Å²) in [4.78, 5) is 9.08. The van der Waals surface area contributed by atoms with Gasteiger partial charge >= 0.3 is 0 Å². The third-order valence-electron chi connectivity index (χ3n) is 1.15. The molecule has 0 bridgehead atoms. The lowest BCUT2D eigenvalue weighted by atomic mass is 10.4. The van der Waals surface area contributed by atoms with E-state index in [0.717, 1.165) is 5.57 Å². The average molecular weight is 220 g/mol. The van der Waals surface area contributed by atoms with Crippen molar-refractivity contribution < 1.29 is 14.0 Å². The lowest BCUT2D eigenvalue weighted by Gasteiger charge is -2.24. The van der Waals surface area contributed by atoms with Gasteiger partial charge in [-0.05, 0) is 26.6 Å². The van der Waals surface area contributed by atoms with Gasteiger partial charge in [-0.3, -0.25) is 0 Å². The zero-order valence-electron chi connectivity index (χ0n) is 8.96. The summed E-state index contributed by atoms with van der Waals surface area (Å²) in [6.45, 7) is 12.3. The van der Waals surface area contributed by atoms with E-state index < -0.39 is 18.1 Å². The van der Waals surface area contributed by atoms with Gasteiger partial charge in [-0.2, -0.15) is 0 Å². The quantitative estimate of drug-likeness (QED) is 0.409. The summed E-state index contributed by atoms with van der Waals surface area (Å²) < 4.78 is 11.0. The Hall–Kier alpha value is 0.0538. The van der Waals surface area contributed by atoms with Crippen LogP contribution in [0.3, 0.4) is 0 Å². The molecular weight excluding hydrogens is 200 g/mol. The van der Waals surface area contributed by atoms with Crippen LogP contribution in [0.4, 0.5) is 0 Å². The van der Waals surface area contributed by atoms with Gasteiger partial charge in [0.1, 0.15) is 0 Å². The first-order valence-corrected chi connectivity index (χ1v) is 9.25. The zero-order chi connectivity index (χ0) is 10.5. The molecule has 1 N–H and O–H groups in total. The molecule has 0 aromatic carbocycles. The first kappa shape index (κ1) is 13.1. The Bertz CT molecular complexity index is 165. The van der Waals surface area contributed by atoms with Crippen molar-refractivity contribution in [3.05, 3.63) is 12.2 Å². The minimum absolute atomic E-state index is 0.358. The molecule has 0 aliphatic heterocycles. The van der Waals surface area contributed by atoms with Gasteiger partial charge in [0.15, 0.2) is 14.2 Å². The van der Waals surface area contributed by atoms with Crippen LogP contribution < -0.4 is 0 Å². The SMILES string of the molecule is C=C(C)COC(O[Si](C)(C)C)[SiH2]O. The molecule has 0 saturated heterocycles. The van der Waals surface area contributed by atoms with E-state index in [4.69, 9.17) is 14.0 Å². The Morgan fingerprint density at radius 1 is 1.54 bits per heavy atom. The van der Waals surface area contributed by atoms with Crippen LogP contribution in [-0.2, 0) is 9.16 Å². The van der Waals surface area contributed by atoms with Crippen molar-refractivity contribution in [1.82, 2.24) is 0 Å². The second kappa shape index (κ2) is 5.71. The van der Waals surface area contributed by atoms with E-state index in [0.29, 0.717) is 6.61 Å². The highest BCUT2D eigenvalue weighted by atomic mass is 28.4. The van der Waals surface area contributed by atoms with Crippen LogP contribution in [0.1, 0.15) is 6.92 Å². The minimum Gasteiger partial charge on any atom is -0.432 e. The fraction of sp³-hybridized carbons (Fsp3) is 0.750. The van der Waals surface area contributed by atoms with E-state index >= 15 is 0 Å². The molecule has 13 heavy (non-hydrogen) atoms. The summed E-state index contributed by atoms with van der Waals surface area (Å²) >= 11 is 0. The molecule has 0 aliphatic carbocycles. The Morgan fingerprint density at radius 2 is 2.08 bits per heavy atom. The monoisotopic (exact) mass is 220 g/mol. The lowest BCUT2D eigenvalue weighted by molar-refractivity contribution is -0.0249. The van der Waals surface area contributed by atoms with Gasteiger partial charge in [-0.1, -0.05) is 12.2 Å².